The summed E-state index contributed by atoms with van der Waals surface area (Å²) in [6, 6.07) is 13.7. The highest BCUT2D eigenvalue weighted by atomic mass is 32.1. The largest absolute Gasteiger partial charge is 0.444 e. The molecule has 2 aromatic heterocycles. The SMILES string of the molecule is CC(C)(C)OC(=O)N1CCc2cc(C(=O)Nc3nnc(Cc4c[nH]c5ccccc45)s3)ccc2C1. The number of hydrogen-bond acceptors (Lipinski definition) is 6. The number of nitrogens with one attached hydrogen (secondary N) is 2. The summed E-state index contributed by atoms with van der Waals surface area (Å²) in [5.41, 5.74) is 4.35. The maximum Gasteiger partial charge on any atom is 0.410 e. The predicted molar refractivity (Wildman–Crippen MR) is 136 cm³/mol. The molecule has 0 saturated carbocycles. The Morgan fingerprint density at radius 1 is 1.14 bits per heavy atom. The molecule has 0 radical (unpaired) electrons. The van der Waals surface area contributed by atoms with Gasteiger partial charge in [-0.2, -0.15) is 0 Å². The fraction of sp³-hybridized carbons (Fsp3) is 0.308. The Morgan fingerprint density at radius 2 is 1.97 bits per heavy atom. The van der Waals surface area contributed by atoms with Crippen LogP contribution in [0.15, 0.2) is 48.7 Å². The van der Waals surface area contributed by atoms with Gasteiger partial charge in [0.2, 0.25) is 5.13 Å². The molecule has 0 spiro atoms. The van der Waals surface area contributed by atoms with E-state index in [1.54, 1.807) is 11.0 Å². The van der Waals surface area contributed by atoms with Gasteiger partial charge < -0.3 is 14.6 Å². The molecule has 5 rings (SSSR count). The number of amides is 2. The van der Waals surface area contributed by atoms with Crippen molar-refractivity contribution in [3.05, 3.63) is 75.9 Å². The number of carbonyl (C=O) groups is 2. The zero-order valence-electron chi connectivity index (χ0n) is 19.9. The molecule has 1 aliphatic heterocycles. The maximum absolute atomic E-state index is 12.9. The van der Waals surface area contributed by atoms with Crippen LogP contribution in [0.1, 0.15) is 52.8 Å². The third kappa shape index (κ3) is 5.19. The summed E-state index contributed by atoms with van der Waals surface area (Å²) in [5.74, 6) is -0.225. The standard InChI is InChI=1S/C26H27N5O3S/c1-26(2,3)34-25(33)31-11-10-16-12-17(8-9-18(16)15-31)23(32)28-24-30-29-22(35-24)13-19-14-27-21-7-5-4-6-20(19)21/h4-9,12,14,27H,10-11,13,15H2,1-3H3,(H,28,30,32). The summed E-state index contributed by atoms with van der Waals surface area (Å²) >= 11 is 1.37. The molecule has 0 aliphatic carbocycles. The Kier molecular flexibility index (Phi) is 6.02. The van der Waals surface area contributed by atoms with Gasteiger partial charge in [0.15, 0.2) is 0 Å². The summed E-state index contributed by atoms with van der Waals surface area (Å²) in [4.78, 5) is 30.2. The molecule has 0 atom stereocenters. The van der Waals surface area contributed by atoms with E-state index in [0.717, 1.165) is 32.6 Å². The predicted octanol–water partition coefficient (Wildman–Crippen LogP) is 5.16. The first-order valence-corrected chi connectivity index (χ1v) is 12.4. The van der Waals surface area contributed by atoms with E-state index in [1.165, 1.54) is 11.3 Å². The van der Waals surface area contributed by atoms with E-state index in [2.05, 4.69) is 26.6 Å². The van der Waals surface area contributed by atoms with E-state index >= 15 is 0 Å². The van der Waals surface area contributed by atoms with Gasteiger partial charge in [0.1, 0.15) is 10.6 Å². The normalized spacial score (nSPS) is 13.5. The van der Waals surface area contributed by atoms with Crippen molar-refractivity contribution in [2.24, 2.45) is 0 Å². The maximum atomic E-state index is 12.9. The van der Waals surface area contributed by atoms with Gasteiger partial charge in [-0.1, -0.05) is 35.6 Å². The number of aromatic amines is 1. The zero-order valence-corrected chi connectivity index (χ0v) is 20.7. The van der Waals surface area contributed by atoms with Crippen LogP contribution in [0.3, 0.4) is 0 Å². The van der Waals surface area contributed by atoms with Gasteiger partial charge in [0, 0.05) is 42.2 Å². The van der Waals surface area contributed by atoms with E-state index in [0.29, 0.717) is 36.6 Å². The van der Waals surface area contributed by atoms with Crippen LogP contribution in [0.25, 0.3) is 10.9 Å². The second-order valence-corrected chi connectivity index (χ2v) is 10.7. The number of para-hydroxylation sites is 1. The molecule has 9 heteroatoms. The Hall–Kier alpha value is -3.72. The minimum absolute atomic E-state index is 0.225. The molecule has 2 amide bonds. The van der Waals surface area contributed by atoms with E-state index in [4.69, 9.17) is 4.74 Å². The van der Waals surface area contributed by atoms with Crippen LogP contribution in [-0.2, 0) is 24.1 Å². The van der Waals surface area contributed by atoms with Crippen molar-refractivity contribution in [2.75, 3.05) is 11.9 Å². The summed E-state index contributed by atoms with van der Waals surface area (Å²) in [7, 11) is 0. The average Bonchev–Trinajstić information content (AvgIpc) is 3.44. The topological polar surface area (TPSA) is 100 Å². The summed E-state index contributed by atoms with van der Waals surface area (Å²) in [6.45, 7) is 6.60. The van der Waals surface area contributed by atoms with Gasteiger partial charge in [0.25, 0.3) is 5.91 Å². The number of benzene rings is 2. The number of hydrogen-bond donors (Lipinski definition) is 2. The highest BCUT2D eigenvalue weighted by molar-refractivity contribution is 7.15. The number of anilines is 1. The molecule has 1 aliphatic rings. The molecule has 3 heterocycles. The fourth-order valence-corrected chi connectivity index (χ4v) is 4.92. The summed E-state index contributed by atoms with van der Waals surface area (Å²) < 4.78 is 5.49. The first-order valence-electron chi connectivity index (χ1n) is 11.5. The number of fused-ring (bicyclic) bond motifs is 2. The van der Waals surface area contributed by atoms with Crippen LogP contribution in [0, 0.1) is 0 Å². The van der Waals surface area contributed by atoms with E-state index in [9.17, 15) is 9.59 Å². The Bertz CT molecular complexity index is 1400. The lowest BCUT2D eigenvalue weighted by molar-refractivity contribution is 0.0224. The first-order chi connectivity index (χ1) is 16.7. The molecule has 2 aromatic carbocycles. The van der Waals surface area contributed by atoms with Crippen LogP contribution in [0.5, 0.6) is 0 Å². The van der Waals surface area contributed by atoms with Crippen molar-refractivity contribution in [1.29, 1.82) is 0 Å². The molecule has 0 bridgehead atoms. The van der Waals surface area contributed by atoms with Gasteiger partial charge >= 0.3 is 6.09 Å². The molecule has 0 fully saturated rings. The zero-order chi connectivity index (χ0) is 24.6. The van der Waals surface area contributed by atoms with E-state index in [1.807, 2.05) is 57.3 Å². The first kappa shape index (κ1) is 23.0. The third-order valence-corrected chi connectivity index (χ3v) is 6.67. The van der Waals surface area contributed by atoms with E-state index in [-0.39, 0.29) is 12.0 Å². The van der Waals surface area contributed by atoms with Crippen molar-refractivity contribution in [2.45, 2.75) is 45.8 Å². The lowest BCUT2D eigenvalue weighted by Gasteiger charge is -2.31. The van der Waals surface area contributed by atoms with Gasteiger partial charge in [-0.3, -0.25) is 10.1 Å². The second kappa shape index (κ2) is 9.14. The minimum atomic E-state index is -0.528. The summed E-state index contributed by atoms with van der Waals surface area (Å²) in [6.07, 6.45) is 2.99. The monoisotopic (exact) mass is 489 g/mol. The lowest BCUT2D eigenvalue weighted by atomic mass is 9.97. The van der Waals surface area contributed by atoms with Crippen LogP contribution in [0.2, 0.25) is 0 Å². The Morgan fingerprint density at radius 3 is 2.80 bits per heavy atom. The molecule has 8 nitrogen and oxygen atoms in total. The average molecular weight is 490 g/mol. The molecule has 2 N–H and O–H groups in total. The van der Waals surface area contributed by atoms with Crippen LogP contribution < -0.4 is 5.32 Å². The molecular formula is C26H27N5O3S. The second-order valence-electron chi connectivity index (χ2n) is 9.63. The van der Waals surface area contributed by atoms with Gasteiger partial charge in [-0.25, -0.2) is 4.79 Å². The third-order valence-electron chi connectivity index (χ3n) is 5.84. The van der Waals surface area contributed by atoms with E-state index < -0.39 is 5.60 Å². The van der Waals surface area contributed by atoms with Gasteiger partial charge in [0.05, 0.1) is 0 Å². The smallest absolute Gasteiger partial charge is 0.410 e. The number of H-pyrrole nitrogens is 1. The van der Waals surface area contributed by atoms with Crippen molar-refractivity contribution in [1.82, 2.24) is 20.1 Å². The van der Waals surface area contributed by atoms with Crippen LogP contribution in [0.4, 0.5) is 9.93 Å². The highest BCUT2D eigenvalue weighted by Crippen LogP contribution is 2.26. The Balaban J connectivity index is 1.23. The molecule has 0 unspecified atom stereocenters. The number of aromatic nitrogens is 3. The molecule has 35 heavy (non-hydrogen) atoms. The van der Waals surface area contributed by atoms with Gasteiger partial charge in [-0.05, 0) is 62.1 Å². The van der Waals surface area contributed by atoms with Crippen LogP contribution in [-0.4, -0.2) is 44.2 Å². The van der Waals surface area contributed by atoms with Crippen molar-refractivity contribution in [3.63, 3.8) is 0 Å². The fourth-order valence-electron chi connectivity index (χ4n) is 4.16. The summed E-state index contributed by atoms with van der Waals surface area (Å²) in [5, 5.41) is 13.7. The van der Waals surface area contributed by atoms with Crippen molar-refractivity contribution >= 4 is 39.4 Å². The molecule has 0 saturated heterocycles. The number of carbonyl (C=O) groups excluding carboxylic acids is 2. The van der Waals surface area contributed by atoms with Crippen molar-refractivity contribution in [3.8, 4) is 0 Å². The van der Waals surface area contributed by atoms with Gasteiger partial charge in [-0.15, -0.1) is 10.2 Å². The lowest BCUT2D eigenvalue weighted by Crippen LogP contribution is -2.39. The highest BCUT2D eigenvalue weighted by Gasteiger charge is 2.26. The molecule has 180 valence electrons. The number of ether oxygens (including phenoxy) is 1. The van der Waals surface area contributed by atoms with Crippen LogP contribution >= 0.6 is 11.3 Å². The minimum Gasteiger partial charge on any atom is -0.444 e. The number of nitrogens with zero attached hydrogens (tertiary/aromatic N) is 3. The quantitative estimate of drug-likeness (QED) is 0.413. The molecule has 4 aromatic rings. The Labute approximate surface area is 207 Å². The number of rotatable bonds is 4. The molecular weight excluding hydrogens is 462 g/mol. The van der Waals surface area contributed by atoms with Crippen molar-refractivity contribution < 1.29 is 14.3 Å².